The van der Waals surface area contributed by atoms with E-state index in [1.807, 2.05) is 69.3 Å². The lowest BCUT2D eigenvalue weighted by molar-refractivity contribution is -0.465. The van der Waals surface area contributed by atoms with Crippen LogP contribution in [-0.2, 0) is 34.1 Å². The Kier molecular flexibility index (Phi) is 26.3. The van der Waals surface area contributed by atoms with Crippen LogP contribution in [0.4, 0.5) is 0 Å². The minimum Gasteiger partial charge on any atom is -0.872 e. The van der Waals surface area contributed by atoms with Gasteiger partial charge in [-0.15, -0.1) is 12.3 Å². The number of aldehydes is 1. The lowest BCUT2D eigenvalue weighted by Crippen LogP contribution is -2.32. The second-order valence-electron chi connectivity index (χ2n) is 12.3. The predicted molar refractivity (Wildman–Crippen MR) is 204 cm³/mol. The minimum atomic E-state index is -0.00870. The number of carbonyl (C=O) groups is 1. The Morgan fingerprint density at radius 1 is 0.630 bits per heavy atom. The highest BCUT2D eigenvalue weighted by Gasteiger charge is 2.33. The van der Waals surface area contributed by atoms with E-state index in [1.165, 1.54) is 31.1 Å². The van der Waals surface area contributed by atoms with E-state index in [4.69, 9.17) is 49.0 Å². The number of hydrogen-bond donors (Lipinski definition) is 2. The molecule has 6 unspecified atom stereocenters. The van der Waals surface area contributed by atoms with Crippen molar-refractivity contribution in [3.63, 3.8) is 0 Å². The molecule has 3 saturated heterocycles. The maximum Gasteiger partial charge on any atom is 0.147 e. The van der Waals surface area contributed by atoms with Crippen molar-refractivity contribution in [2.45, 2.75) is 111 Å². The first-order chi connectivity index (χ1) is 26.1. The van der Waals surface area contributed by atoms with Gasteiger partial charge in [0.1, 0.15) is 54.4 Å². The number of aliphatic hydroxyl groups excluding tert-OH is 2. The molecule has 302 valence electrons. The molecule has 0 amide bonds. The Hall–Kier alpha value is -3.85. The van der Waals surface area contributed by atoms with Crippen LogP contribution in [0.1, 0.15) is 109 Å². The fourth-order valence-electron chi connectivity index (χ4n) is 4.29. The topological polar surface area (TPSA) is 154 Å². The molecule has 3 heterocycles. The summed E-state index contributed by atoms with van der Waals surface area (Å²) in [5.74, 6) is 1.59. The van der Waals surface area contributed by atoms with Crippen LogP contribution in [0.2, 0.25) is 0 Å². The van der Waals surface area contributed by atoms with Gasteiger partial charge in [0.05, 0.1) is 19.8 Å². The van der Waals surface area contributed by atoms with Gasteiger partial charge < -0.3 is 29.6 Å². The second-order valence-corrected chi connectivity index (χ2v) is 12.3. The van der Waals surface area contributed by atoms with E-state index >= 15 is 0 Å². The molecule has 6 rings (SSSR count). The Morgan fingerprint density at radius 2 is 0.963 bits per heavy atom. The van der Waals surface area contributed by atoms with Crippen molar-refractivity contribution < 1.29 is 58.9 Å². The molecule has 0 bridgehead atoms. The summed E-state index contributed by atoms with van der Waals surface area (Å²) in [5.41, 5.74) is 3.16. The molecule has 6 atom stereocenters. The molecule has 3 aromatic carbocycles. The monoisotopic (exact) mass is 757 g/mol. The summed E-state index contributed by atoms with van der Waals surface area (Å²) in [4.78, 5) is 39.4. The Bertz CT molecular complexity index is 1350. The zero-order valence-corrected chi connectivity index (χ0v) is 32.9. The summed E-state index contributed by atoms with van der Waals surface area (Å²) >= 11 is 0. The van der Waals surface area contributed by atoms with Crippen molar-refractivity contribution >= 4 is 6.29 Å². The third-order valence-corrected chi connectivity index (χ3v) is 7.04. The third-order valence-electron chi connectivity index (χ3n) is 7.04. The number of ether oxygens (including phenoxy) is 2. The van der Waals surface area contributed by atoms with Crippen molar-refractivity contribution in [2.24, 2.45) is 0 Å². The van der Waals surface area contributed by atoms with Crippen molar-refractivity contribution in [3.8, 4) is 17.2 Å². The molecule has 0 saturated carbocycles. The van der Waals surface area contributed by atoms with Crippen LogP contribution in [-0.4, -0.2) is 61.2 Å². The number of benzene rings is 3. The van der Waals surface area contributed by atoms with Crippen molar-refractivity contribution in [3.05, 3.63) is 102 Å². The van der Waals surface area contributed by atoms with Gasteiger partial charge in [-0.05, 0) is 61.7 Å². The zero-order valence-electron chi connectivity index (χ0n) is 32.9. The summed E-state index contributed by atoms with van der Waals surface area (Å²) in [6.45, 7) is 18.8. The van der Waals surface area contributed by atoms with Crippen LogP contribution >= 0.6 is 0 Å². The summed E-state index contributed by atoms with van der Waals surface area (Å²) in [7, 11) is 0. The Morgan fingerprint density at radius 3 is 1.22 bits per heavy atom. The predicted octanol–water partition coefficient (Wildman–Crippen LogP) is 8.03. The molecule has 54 heavy (non-hydrogen) atoms. The van der Waals surface area contributed by atoms with E-state index in [-0.39, 0.29) is 55.6 Å². The van der Waals surface area contributed by atoms with Gasteiger partial charge in [0.2, 0.25) is 0 Å². The zero-order chi connectivity index (χ0) is 40.1. The molecule has 12 nitrogen and oxygen atoms in total. The molecule has 0 aliphatic carbocycles. The number of rotatable bonds is 12. The smallest absolute Gasteiger partial charge is 0.147 e. The molecule has 2 N–H and O–H groups in total. The van der Waals surface area contributed by atoms with E-state index < -0.39 is 0 Å². The molecule has 0 spiro atoms. The van der Waals surface area contributed by atoms with E-state index in [1.54, 1.807) is 12.1 Å². The molecule has 12 heteroatoms. The lowest BCUT2D eigenvalue weighted by atomic mass is 10.0. The van der Waals surface area contributed by atoms with Gasteiger partial charge in [0.25, 0.3) is 0 Å². The highest BCUT2D eigenvalue weighted by atomic mass is 17.3. The van der Waals surface area contributed by atoms with Crippen molar-refractivity contribution in [2.75, 3.05) is 26.4 Å². The van der Waals surface area contributed by atoms with Gasteiger partial charge >= 0.3 is 0 Å². The van der Waals surface area contributed by atoms with Crippen LogP contribution in [0.3, 0.4) is 0 Å². The van der Waals surface area contributed by atoms with E-state index in [0.717, 1.165) is 34.5 Å². The summed E-state index contributed by atoms with van der Waals surface area (Å²) in [5, 5.41) is 27.1. The van der Waals surface area contributed by atoms with Crippen molar-refractivity contribution in [1.82, 2.24) is 0 Å². The molecule has 0 aromatic heterocycles. The van der Waals surface area contributed by atoms with E-state index in [2.05, 4.69) is 34.3 Å². The second kappa shape index (κ2) is 29.5. The average molecular weight is 758 g/mol. The van der Waals surface area contributed by atoms with Gasteiger partial charge in [-0.1, -0.05) is 95.1 Å². The van der Waals surface area contributed by atoms with E-state index in [0.29, 0.717) is 26.1 Å². The average Bonchev–Trinajstić information content (AvgIpc) is 3.16. The van der Waals surface area contributed by atoms with Crippen LogP contribution in [0.15, 0.2) is 85.5 Å². The number of aliphatic hydroxyl groups is 2. The first-order valence-electron chi connectivity index (χ1n) is 18.6. The lowest BCUT2D eigenvalue weighted by Gasteiger charge is -2.32. The standard InChI is InChI=1S/C12H16O4.C12H14O4.C9H10O3.C3H6O.2C3H8/c2*1-9-12(16-15-9)10-3-5-11(6-4-10)14-8-2-7-13;1-6-9(12-11-6)7-2-4-8(10)5-3-7;1-2-3-4;2*1-3-2/h3-6,9,12-13H,2,7-8H2,1H3;3-7,9,12H,2,8H2,1H3;2-6,9-10H,1H3;2,4H,1,3H2;2*3H2,1-2H3/p-1. The van der Waals surface area contributed by atoms with Gasteiger partial charge in [-0.25, -0.2) is 29.3 Å². The number of hydrogen-bond acceptors (Lipinski definition) is 12. The first kappa shape index (κ1) is 48.2. The fourth-order valence-corrected chi connectivity index (χ4v) is 4.29. The summed E-state index contributed by atoms with van der Waals surface area (Å²) in [6.07, 6.45) is 6.18. The SMILES string of the molecule is C=CCO.CC1OOC1c1ccc(OCCC=O)cc1.CC1OOC1c1ccc(OCCCO)cc1.CC1OOC1c1ccc([O-])cc1.CCC.CCC. The summed E-state index contributed by atoms with van der Waals surface area (Å²) in [6, 6.07) is 22.0. The van der Waals surface area contributed by atoms with Gasteiger partial charge in [-0.3, -0.25) is 0 Å². The van der Waals surface area contributed by atoms with Gasteiger partial charge in [0, 0.05) is 19.4 Å². The van der Waals surface area contributed by atoms with E-state index in [9.17, 15) is 9.90 Å². The highest BCUT2D eigenvalue weighted by Crippen LogP contribution is 2.34. The molecule has 0 radical (unpaired) electrons. The quantitative estimate of drug-likeness (QED) is 0.0796. The van der Waals surface area contributed by atoms with Crippen LogP contribution in [0, 0.1) is 0 Å². The van der Waals surface area contributed by atoms with Crippen molar-refractivity contribution in [1.29, 1.82) is 0 Å². The Balaban J connectivity index is 0.000000363. The molecule has 3 aliphatic heterocycles. The summed E-state index contributed by atoms with van der Waals surface area (Å²) < 4.78 is 10.8. The Labute approximate surface area is 321 Å². The first-order valence-corrected chi connectivity index (χ1v) is 18.6. The molecule has 3 fully saturated rings. The normalized spacial score (nSPS) is 21.4. The largest absolute Gasteiger partial charge is 0.872 e. The minimum absolute atomic E-state index is 0.00870. The maximum absolute atomic E-state index is 10.8. The molecular weight excluding hydrogens is 696 g/mol. The van der Waals surface area contributed by atoms with Gasteiger partial charge in [0.15, 0.2) is 0 Å². The highest BCUT2D eigenvalue weighted by molar-refractivity contribution is 5.49. The molecular formula is C42H61O12-. The maximum atomic E-state index is 10.8. The molecule has 3 aromatic rings. The fraction of sp³-hybridized carbons (Fsp3) is 0.500. The third kappa shape index (κ3) is 18.5. The van der Waals surface area contributed by atoms with Crippen LogP contribution in [0.25, 0.3) is 0 Å². The number of carbonyl (C=O) groups excluding carboxylic acids is 1. The van der Waals surface area contributed by atoms with Crippen LogP contribution in [0.5, 0.6) is 17.2 Å². The molecule has 3 aliphatic rings. The van der Waals surface area contributed by atoms with Gasteiger partial charge in [-0.2, -0.15) is 0 Å². The van der Waals surface area contributed by atoms with Crippen LogP contribution < -0.4 is 14.6 Å².